The standard InChI is InChI=1S/C15H22FNO3/c1-3-6-17-15(14-10-19-7-8-20-14)12-9-11(16)4-5-13(12)18-2/h4-5,9,14-15,17H,3,6-8,10H2,1-2H3. The number of benzene rings is 1. The maximum Gasteiger partial charge on any atom is 0.123 e. The second-order valence-corrected chi connectivity index (χ2v) is 4.80. The Hall–Kier alpha value is -1.17. The smallest absolute Gasteiger partial charge is 0.123 e. The summed E-state index contributed by atoms with van der Waals surface area (Å²) in [5.74, 6) is 0.384. The molecule has 2 rings (SSSR count). The first-order valence-electron chi connectivity index (χ1n) is 7.02. The molecule has 2 atom stereocenters. The molecule has 0 saturated carbocycles. The van der Waals surface area contributed by atoms with Gasteiger partial charge in [0.25, 0.3) is 0 Å². The van der Waals surface area contributed by atoms with Crippen molar-refractivity contribution in [2.45, 2.75) is 25.5 Å². The lowest BCUT2D eigenvalue weighted by molar-refractivity contribution is -0.102. The van der Waals surface area contributed by atoms with Crippen LogP contribution in [0.1, 0.15) is 24.9 Å². The SMILES string of the molecule is CCCNC(c1cc(F)ccc1OC)C1COCCO1. The molecular formula is C15H22FNO3. The van der Waals surface area contributed by atoms with Crippen LogP contribution < -0.4 is 10.1 Å². The molecule has 0 bridgehead atoms. The van der Waals surface area contributed by atoms with Gasteiger partial charge in [0.2, 0.25) is 0 Å². The molecule has 20 heavy (non-hydrogen) atoms. The molecule has 1 heterocycles. The monoisotopic (exact) mass is 283 g/mol. The van der Waals surface area contributed by atoms with Gasteiger partial charge in [0, 0.05) is 5.56 Å². The van der Waals surface area contributed by atoms with Gasteiger partial charge in [-0.2, -0.15) is 0 Å². The molecule has 0 aliphatic carbocycles. The Morgan fingerprint density at radius 2 is 2.30 bits per heavy atom. The van der Waals surface area contributed by atoms with E-state index in [2.05, 4.69) is 12.2 Å². The molecule has 0 amide bonds. The summed E-state index contributed by atoms with van der Waals surface area (Å²) in [4.78, 5) is 0. The van der Waals surface area contributed by atoms with E-state index in [0.717, 1.165) is 18.5 Å². The zero-order chi connectivity index (χ0) is 14.4. The van der Waals surface area contributed by atoms with Crippen molar-refractivity contribution >= 4 is 0 Å². The molecule has 1 aliphatic rings. The fraction of sp³-hybridized carbons (Fsp3) is 0.600. The topological polar surface area (TPSA) is 39.7 Å². The first-order valence-corrected chi connectivity index (χ1v) is 7.02. The van der Waals surface area contributed by atoms with Crippen LogP contribution in [0.5, 0.6) is 5.75 Å². The van der Waals surface area contributed by atoms with Crippen molar-refractivity contribution in [3.05, 3.63) is 29.6 Å². The molecule has 1 aliphatic heterocycles. The van der Waals surface area contributed by atoms with E-state index in [1.807, 2.05) is 0 Å². The van der Waals surface area contributed by atoms with Gasteiger partial charge in [0.1, 0.15) is 17.7 Å². The van der Waals surface area contributed by atoms with Crippen molar-refractivity contribution in [1.29, 1.82) is 0 Å². The Bertz CT molecular complexity index is 422. The van der Waals surface area contributed by atoms with Crippen LogP contribution in [0, 0.1) is 5.82 Å². The Kier molecular flexibility index (Phi) is 5.76. The van der Waals surface area contributed by atoms with Gasteiger partial charge in [-0.15, -0.1) is 0 Å². The van der Waals surface area contributed by atoms with Crippen molar-refractivity contribution in [1.82, 2.24) is 5.32 Å². The minimum absolute atomic E-state index is 0.133. The first-order chi connectivity index (χ1) is 9.76. The number of hydrogen-bond donors (Lipinski definition) is 1. The summed E-state index contributed by atoms with van der Waals surface area (Å²) < 4.78 is 30.2. The highest BCUT2D eigenvalue weighted by molar-refractivity contribution is 5.37. The normalized spacial score (nSPS) is 20.6. The lowest BCUT2D eigenvalue weighted by atomic mass is 9.99. The third kappa shape index (κ3) is 3.69. The summed E-state index contributed by atoms with van der Waals surface area (Å²) in [7, 11) is 1.59. The molecule has 112 valence electrons. The molecule has 0 aromatic heterocycles. The Morgan fingerprint density at radius 3 is 2.95 bits per heavy atom. The van der Waals surface area contributed by atoms with Crippen LogP contribution in [0.2, 0.25) is 0 Å². The van der Waals surface area contributed by atoms with Crippen LogP contribution in [0.25, 0.3) is 0 Å². The summed E-state index contributed by atoms with van der Waals surface area (Å²) >= 11 is 0. The summed E-state index contributed by atoms with van der Waals surface area (Å²) in [6.07, 6.45) is 0.854. The summed E-state index contributed by atoms with van der Waals surface area (Å²) in [5, 5.41) is 3.41. The third-order valence-corrected chi connectivity index (χ3v) is 3.35. The van der Waals surface area contributed by atoms with E-state index >= 15 is 0 Å². The zero-order valence-corrected chi connectivity index (χ0v) is 12.0. The van der Waals surface area contributed by atoms with Crippen LogP contribution in [0.3, 0.4) is 0 Å². The average Bonchev–Trinajstić information content (AvgIpc) is 2.49. The van der Waals surface area contributed by atoms with Gasteiger partial charge in [-0.25, -0.2) is 4.39 Å². The van der Waals surface area contributed by atoms with Crippen LogP contribution in [-0.2, 0) is 9.47 Å². The summed E-state index contributed by atoms with van der Waals surface area (Å²) in [6, 6.07) is 4.41. The molecule has 1 saturated heterocycles. The molecule has 5 heteroatoms. The molecular weight excluding hydrogens is 261 g/mol. The van der Waals surface area contributed by atoms with Gasteiger partial charge < -0.3 is 19.5 Å². The second-order valence-electron chi connectivity index (χ2n) is 4.80. The Labute approximate surface area is 119 Å². The van der Waals surface area contributed by atoms with Crippen LogP contribution in [0.15, 0.2) is 18.2 Å². The number of hydrogen-bond acceptors (Lipinski definition) is 4. The quantitative estimate of drug-likeness (QED) is 0.869. The highest BCUT2D eigenvalue weighted by atomic mass is 19.1. The highest BCUT2D eigenvalue weighted by Gasteiger charge is 2.28. The van der Waals surface area contributed by atoms with Crippen molar-refractivity contribution in [2.75, 3.05) is 33.5 Å². The minimum atomic E-state index is -0.277. The van der Waals surface area contributed by atoms with E-state index in [9.17, 15) is 4.39 Å². The molecule has 4 nitrogen and oxygen atoms in total. The molecule has 1 aromatic rings. The average molecular weight is 283 g/mol. The van der Waals surface area contributed by atoms with Gasteiger partial charge in [0.15, 0.2) is 0 Å². The van der Waals surface area contributed by atoms with E-state index in [4.69, 9.17) is 14.2 Å². The van der Waals surface area contributed by atoms with Crippen molar-refractivity contribution in [2.24, 2.45) is 0 Å². The largest absolute Gasteiger partial charge is 0.496 e. The summed E-state index contributed by atoms with van der Waals surface area (Å²) in [5.41, 5.74) is 0.774. The summed E-state index contributed by atoms with van der Waals surface area (Å²) in [6.45, 7) is 4.58. The van der Waals surface area contributed by atoms with Gasteiger partial charge in [-0.1, -0.05) is 6.92 Å². The Balaban J connectivity index is 2.26. The van der Waals surface area contributed by atoms with Crippen molar-refractivity contribution < 1.29 is 18.6 Å². The van der Waals surface area contributed by atoms with E-state index in [1.54, 1.807) is 13.2 Å². The van der Waals surface area contributed by atoms with Crippen LogP contribution >= 0.6 is 0 Å². The van der Waals surface area contributed by atoms with E-state index in [0.29, 0.717) is 25.6 Å². The fourth-order valence-electron chi connectivity index (χ4n) is 2.39. The highest BCUT2D eigenvalue weighted by Crippen LogP contribution is 2.30. The molecule has 2 unspecified atom stereocenters. The molecule has 1 N–H and O–H groups in total. The van der Waals surface area contributed by atoms with Gasteiger partial charge in [0.05, 0.1) is 33.0 Å². The number of halogens is 1. The Morgan fingerprint density at radius 1 is 1.45 bits per heavy atom. The van der Waals surface area contributed by atoms with Crippen molar-refractivity contribution in [3.8, 4) is 5.75 Å². The minimum Gasteiger partial charge on any atom is -0.496 e. The number of rotatable bonds is 6. The molecule has 0 spiro atoms. The lowest BCUT2D eigenvalue weighted by Crippen LogP contribution is -2.41. The number of methoxy groups -OCH3 is 1. The molecule has 1 fully saturated rings. The van der Waals surface area contributed by atoms with Gasteiger partial charge >= 0.3 is 0 Å². The third-order valence-electron chi connectivity index (χ3n) is 3.35. The number of ether oxygens (including phenoxy) is 3. The van der Waals surface area contributed by atoms with Crippen LogP contribution in [0.4, 0.5) is 4.39 Å². The molecule has 1 aromatic carbocycles. The van der Waals surface area contributed by atoms with E-state index < -0.39 is 0 Å². The second kappa shape index (κ2) is 7.57. The van der Waals surface area contributed by atoms with Crippen LogP contribution in [-0.4, -0.2) is 39.6 Å². The van der Waals surface area contributed by atoms with E-state index in [1.165, 1.54) is 12.1 Å². The predicted octanol–water partition coefficient (Wildman–Crippen LogP) is 2.29. The van der Waals surface area contributed by atoms with E-state index in [-0.39, 0.29) is 18.0 Å². The lowest BCUT2D eigenvalue weighted by Gasteiger charge is -2.32. The number of nitrogens with one attached hydrogen (secondary N) is 1. The van der Waals surface area contributed by atoms with Gasteiger partial charge in [-0.05, 0) is 31.2 Å². The zero-order valence-electron chi connectivity index (χ0n) is 12.0. The maximum atomic E-state index is 13.6. The predicted molar refractivity (Wildman–Crippen MR) is 74.5 cm³/mol. The van der Waals surface area contributed by atoms with Crippen molar-refractivity contribution in [3.63, 3.8) is 0 Å². The van der Waals surface area contributed by atoms with Gasteiger partial charge in [-0.3, -0.25) is 0 Å². The fourth-order valence-corrected chi connectivity index (χ4v) is 2.39. The first kappa shape index (κ1) is 15.2. The molecule has 0 radical (unpaired) electrons. The maximum absolute atomic E-state index is 13.6.